The molecule has 1 aromatic carbocycles. The molecule has 5 nitrogen and oxygen atoms in total. The number of halogens is 1. The van der Waals surface area contributed by atoms with Crippen molar-refractivity contribution in [1.29, 1.82) is 0 Å². The first-order valence-corrected chi connectivity index (χ1v) is 8.41. The summed E-state index contributed by atoms with van der Waals surface area (Å²) in [6.45, 7) is 0.397. The van der Waals surface area contributed by atoms with Gasteiger partial charge in [-0.1, -0.05) is 11.6 Å². The molecule has 6 heteroatoms. The number of pyridine rings is 1. The third kappa shape index (κ3) is 3.67. The summed E-state index contributed by atoms with van der Waals surface area (Å²) in [5, 5.41) is 10.0. The van der Waals surface area contributed by atoms with Crippen molar-refractivity contribution in [3.63, 3.8) is 0 Å². The molecule has 126 valence electrons. The molecule has 1 aromatic heterocycles. The Kier molecular flexibility index (Phi) is 4.71. The molecule has 1 aliphatic carbocycles. The number of aromatic nitrogens is 1. The molecule has 0 spiro atoms. The minimum atomic E-state index is -0.854. The number of fused-ring (bicyclic) bond motifs is 1. The zero-order valence-corrected chi connectivity index (χ0v) is 14.2. The third-order valence-electron chi connectivity index (χ3n) is 4.25. The second-order valence-corrected chi connectivity index (χ2v) is 6.69. The van der Waals surface area contributed by atoms with Gasteiger partial charge in [-0.2, -0.15) is 0 Å². The van der Waals surface area contributed by atoms with Gasteiger partial charge in [-0.25, -0.2) is 0 Å². The van der Waals surface area contributed by atoms with Gasteiger partial charge in [0.15, 0.2) is 0 Å². The normalized spacial score (nSPS) is 13.9. The molecule has 3 rings (SSSR count). The molecule has 0 bridgehead atoms. The molecular weight excluding hydrogens is 328 g/mol. The van der Waals surface area contributed by atoms with E-state index in [0.717, 1.165) is 29.4 Å². The van der Waals surface area contributed by atoms with Crippen LogP contribution >= 0.6 is 11.6 Å². The predicted molar refractivity (Wildman–Crippen MR) is 92.6 cm³/mol. The highest BCUT2D eigenvalue weighted by molar-refractivity contribution is 6.31. The van der Waals surface area contributed by atoms with Gasteiger partial charge in [-0.15, -0.1) is 0 Å². The Hall–Kier alpha value is -2.14. The lowest BCUT2D eigenvalue weighted by atomic mass is 10.0. The van der Waals surface area contributed by atoms with Gasteiger partial charge in [0.25, 0.3) is 5.91 Å². The van der Waals surface area contributed by atoms with Crippen molar-refractivity contribution < 1.29 is 14.7 Å². The van der Waals surface area contributed by atoms with Gasteiger partial charge in [0.05, 0.1) is 11.1 Å². The average Bonchev–Trinajstić information content (AvgIpc) is 3.37. The van der Waals surface area contributed by atoms with Crippen molar-refractivity contribution >= 4 is 34.4 Å². The van der Waals surface area contributed by atoms with Gasteiger partial charge < -0.3 is 10.0 Å². The van der Waals surface area contributed by atoms with Crippen molar-refractivity contribution in [1.82, 2.24) is 9.88 Å². The van der Waals surface area contributed by atoms with Crippen LogP contribution in [0.3, 0.4) is 0 Å². The Labute approximate surface area is 145 Å². The van der Waals surface area contributed by atoms with E-state index in [0.29, 0.717) is 29.5 Å². The maximum Gasteiger partial charge on any atom is 0.303 e. The van der Waals surface area contributed by atoms with Gasteiger partial charge in [0, 0.05) is 42.0 Å². The van der Waals surface area contributed by atoms with E-state index in [2.05, 4.69) is 4.98 Å². The highest BCUT2D eigenvalue weighted by atomic mass is 35.5. The van der Waals surface area contributed by atoms with E-state index in [4.69, 9.17) is 16.7 Å². The van der Waals surface area contributed by atoms with Crippen LogP contribution in [0.25, 0.3) is 10.9 Å². The van der Waals surface area contributed by atoms with Crippen molar-refractivity contribution in [2.45, 2.75) is 31.6 Å². The van der Waals surface area contributed by atoms with Crippen LogP contribution in [0.2, 0.25) is 5.02 Å². The Balaban J connectivity index is 1.92. The number of hydrogen-bond donors (Lipinski definition) is 1. The summed E-state index contributed by atoms with van der Waals surface area (Å²) in [6, 6.07) is 7.24. The molecule has 1 N–H and O–H groups in total. The fourth-order valence-electron chi connectivity index (χ4n) is 2.76. The van der Waals surface area contributed by atoms with Crippen LogP contribution < -0.4 is 0 Å². The second kappa shape index (κ2) is 6.77. The SMILES string of the molecule is CN(CCCC(=O)O)C(=O)c1cc(C2CC2)nc2ccc(Cl)cc12. The fourth-order valence-corrected chi connectivity index (χ4v) is 2.93. The number of amides is 1. The monoisotopic (exact) mass is 346 g/mol. The Morgan fingerprint density at radius 1 is 1.33 bits per heavy atom. The first-order chi connectivity index (χ1) is 11.5. The summed E-state index contributed by atoms with van der Waals surface area (Å²) < 4.78 is 0. The third-order valence-corrected chi connectivity index (χ3v) is 4.48. The topological polar surface area (TPSA) is 70.5 Å². The molecule has 0 atom stereocenters. The minimum Gasteiger partial charge on any atom is -0.481 e. The predicted octanol–water partition coefficient (Wildman–Crippen LogP) is 3.70. The standard InChI is InChI=1S/C18H19ClN2O3/c1-21(8-2-3-17(22)23)18(24)14-10-16(11-4-5-11)20-15-7-6-12(19)9-13(14)15/h6-7,9-11H,2-5,8H2,1H3,(H,22,23). The molecular formula is C18H19ClN2O3. The summed E-state index contributed by atoms with van der Waals surface area (Å²) >= 11 is 6.09. The number of carbonyl (C=O) groups excluding carboxylic acids is 1. The van der Waals surface area contributed by atoms with E-state index in [1.54, 1.807) is 24.1 Å². The lowest BCUT2D eigenvalue weighted by molar-refractivity contribution is -0.137. The smallest absolute Gasteiger partial charge is 0.303 e. The number of carbonyl (C=O) groups is 2. The van der Waals surface area contributed by atoms with Gasteiger partial charge in [0.1, 0.15) is 0 Å². The Morgan fingerprint density at radius 3 is 2.75 bits per heavy atom. The zero-order chi connectivity index (χ0) is 17.3. The van der Waals surface area contributed by atoms with E-state index in [9.17, 15) is 9.59 Å². The first-order valence-electron chi connectivity index (χ1n) is 8.03. The number of carboxylic acids is 1. The van der Waals surface area contributed by atoms with Crippen LogP contribution in [0.5, 0.6) is 0 Å². The molecule has 0 aliphatic heterocycles. The van der Waals surface area contributed by atoms with E-state index in [1.165, 1.54) is 0 Å². The highest BCUT2D eigenvalue weighted by Crippen LogP contribution is 2.40. The fraction of sp³-hybridized carbons (Fsp3) is 0.389. The van der Waals surface area contributed by atoms with Crippen molar-refractivity contribution in [2.24, 2.45) is 0 Å². The lowest BCUT2D eigenvalue weighted by Crippen LogP contribution is -2.28. The Morgan fingerprint density at radius 2 is 2.08 bits per heavy atom. The summed E-state index contributed by atoms with van der Waals surface area (Å²) in [5.74, 6) is -0.543. The maximum atomic E-state index is 12.8. The molecule has 0 radical (unpaired) electrons. The highest BCUT2D eigenvalue weighted by Gasteiger charge is 2.27. The number of benzene rings is 1. The van der Waals surface area contributed by atoms with Gasteiger partial charge in [0.2, 0.25) is 0 Å². The first kappa shape index (κ1) is 16.7. The quantitative estimate of drug-likeness (QED) is 0.865. The number of carboxylic acid groups (broad SMARTS) is 1. The molecule has 1 fully saturated rings. The van der Waals surface area contributed by atoms with Crippen LogP contribution in [-0.4, -0.2) is 40.5 Å². The summed E-state index contributed by atoms with van der Waals surface area (Å²) in [6.07, 6.45) is 2.69. The zero-order valence-electron chi connectivity index (χ0n) is 13.5. The van der Waals surface area contributed by atoms with Gasteiger partial charge >= 0.3 is 5.97 Å². The molecule has 1 heterocycles. The minimum absolute atomic E-state index is 0.0495. The van der Waals surface area contributed by atoms with Crippen LogP contribution in [0.4, 0.5) is 0 Å². The van der Waals surface area contributed by atoms with Crippen LogP contribution in [0.1, 0.15) is 47.7 Å². The number of hydrogen-bond acceptors (Lipinski definition) is 3. The maximum absolute atomic E-state index is 12.8. The van der Waals surface area contributed by atoms with Crippen LogP contribution in [0, 0.1) is 0 Å². The van der Waals surface area contributed by atoms with Gasteiger partial charge in [-0.05, 0) is 43.5 Å². The van der Waals surface area contributed by atoms with E-state index in [-0.39, 0.29) is 12.3 Å². The van der Waals surface area contributed by atoms with Crippen molar-refractivity contribution in [3.05, 3.63) is 40.5 Å². The molecule has 1 saturated carbocycles. The summed E-state index contributed by atoms with van der Waals surface area (Å²) in [4.78, 5) is 29.7. The molecule has 0 unspecified atom stereocenters. The lowest BCUT2D eigenvalue weighted by Gasteiger charge is -2.18. The number of rotatable bonds is 6. The van der Waals surface area contributed by atoms with E-state index >= 15 is 0 Å². The van der Waals surface area contributed by atoms with Crippen molar-refractivity contribution in [2.75, 3.05) is 13.6 Å². The van der Waals surface area contributed by atoms with Gasteiger partial charge in [-0.3, -0.25) is 14.6 Å². The number of nitrogens with zero attached hydrogens (tertiary/aromatic N) is 2. The number of aliphatic carboxylic acids is 1. The average molecular weight is 347 g/mol. The van der Waals surface area contributed by atoms with Crippen LogP contribution in [-0.2, 0) is 4.79 Å². The van der Waals surface area contributed by atoms with Crippen molar-refractivity contribution in [3.8, 4) is 0 Å². The summed E-state index contributed by atoms with van der Waals surface area (Å²) in [5.41, 5.74) is 2.31. The Bertz CT molecular complexity index is 802. The molecule has 24 heavy (non-hydrogen) atoms. The second-order valence-electron chi connectivity index (χ2n) is 6.25. The van der Waals surface area contributed by atoms with E-state index in [1.807, 2.05) is 12.1 Å². The largest absolute Gasteiger partial charge is 0.481 e. The molecule has 2 aromatic rings. The molecule has 1 amide bonds. The molecule has 1 aliphatic rings. The van der Waals surface area contributed by atoms with Crippen LogP contribution in [0.15, 0.2) is 24.3 Å². The molecule has 0 saturated heterocycles. The van der Waals surface area contributed by atoms with E-state index < -0.39 is 5.97 Å². The summed E-state index contributed by atoms with van der Waals surface area (Å²) in [7, 11) is 1.69.